The molecule has 0 spiro atoms. The average molecular weight is 580 g/mol. The normalized spacial score (nSPS) is 12.7. The number of amides is 2. The second-order valence-electron chi connectivity index (χ2n) is 9.94. The molecule has 0 saturated carbocycles. The summed E-state index contributed by atoms with van der Waals surface area (Å²) in [5.74, 6) is -0.182. The van der Waals surface area contributed by atoms with Crippen LogP contribution in [0.15, 0.2) is 83.8 Å². The Balaban J connectivity index is 2.03. The molecular weight excluding hydrogens is 538 g/mol. The minimum atomic E-state index is -4.14. The fraction of sp³-hybridized carbons (Fsp3) is 0.375. The van der Waals surface area contributed by atoms with Crippen molar-refractivity contribution < 1.29 is 22.7 Å². The van der Waals surface area contributed by atoms with Gasteiger partial charge < -0.3 is 15.0 Å². The Morgan fingerprint density at radius 2 is 1.51 bits per heavy atom. The largest absolute Gasteiger partial charge is 0.494 e. The van der Waals surface area contributed by atoms with Crippen LogP contribution in [0.4, 0.5) is 5.69 Å². The van der Waals surface area contributed by atoms with Gasteiger partial charge in [0.1, 0.15) is 18.3 Å². The molecule has 41 heavy (non-hydrogen) atoms. The zero-order valence-electron chi connectivity index (χ0n) is 24.5. The first kappa shape index (κ1) is 31.7. The maximum Gasteiger partial charge on any atom is 0.264 e. The summed E-state index contributed by atoms with van der Waals surface area (Å²) in [5.41, 5.74) is 2.21. The number of benzene rings is 3. The first-order valence-corrected chi connectivity index (χ1v) is 15.5. The summed E-state index contributed by atoms with van der Waals surface area (Å²) in [7, 11) is -4.14. The number of para-hydroxylation sites is 1. The molecule has 0 aliphatic rings. The number of hydrogen-bond acceptors (Lipinski definition) is 5. The van der Waals surface area contributed by atoms with Gasteiger partial charge in [0.05, 0.1) is 17.2 Å². The van der Waals surface area contributed by atoms with E-state index in [4.69, 9.17) is 4.74 Å². The van der Waals surface area contributed by atoms with Gasteiger partial charge in [0, 0.05) is 12.6 Å². The van der Waals surface area contributed by atoms with Gasteiger partial charge >= 0.3 is 0 Å². The highest BCUT2D eigenvalue weighted by atomic mass is 32.2. The maximum absolute atomic E-state index is 14.1. The van der Waals surface area contributed by atoms with Crippen LogP contribution in [0.1, 0.15) is 51.7 Å². The molecule has 0 unspecified atom stereocenters. The summed E-state index contributed by atoms with van der Waals surface area (Å²) in [6.07, 6.45) is 1.12. The Morgan fingerprint density at radius 3 is 2.10 bits per heavy atom. The lowest BCUT2D eigenvalue weighted by molar-refractivity contribution is -0.140. The van der Waals surface area contributed by atoms with E-state index in [9.17, 15) is 18.0 Å². The lowest BCUT2D eigenvalue weighted by Gasteiger charge is -2.34. The van der Waals surface area contributed by atoms with Crippen molar-refractivity contribution in [2.24, 2.45) is 0 Å². The van der Waals surface area contributed by atoms with E-state index < -0.39 is 28.5 Å². The van der Waals surface area contributed by atoms with Crippen LogP contribution in [0.25, 0.3) is 0 Å². The van der Waals surface area contributed by atoms with E-state index in [-0.39, 0.29) is 23.4 Å². The number of carbonyl (C=O) groups excluding carboxylic acids is 2. The fourth-order valence-electron chi connectivity index (χ4n) is 4.46. The van der Waals surface area contributed by atoms with Crippen LogP contribution in [0, 0.1) is 6.92 Å². The number of hydrogen-bond donors (Lipinski definition) is 1. The van der Waals surface area contributed by atoms with E-state index in [1.54, 1.807) is 42.5 Å². The van der Waals surface area contributed by atoms with E-state index in [0.717, 1.165) is 21.9 Å². The van der Waals surface area contributed by atoms with Gasteiger partial charge in [-0.25, -0.2) is 8.42 Å². The fourth-order valence-corrected chi connectivity index (χ4v) is 5.87. The van der Waals surface area contributed by atoms with E-state index in [1.165, 1.54) is 17.0 Å². The Morgan fingerprint density at radius 1 is 0.878 bits per heavy atom. The average Bonchev–Trinajstić information content (AvgIpc) is 2.97. The lowest BCUT2D eigenvalue weighted by atomic mass is 10.1. The van der Waals surface area contributed by atoms with Crippen molar-refractivity contribution in [3.8, 4) is 5.75 Å². The molecule has 0 bridgehead atoms. The monoisotopic (exact) mass is 579 g/mol. The molecule has 0 aliphatic heterocycles. The topological polar surface area (TPSA) is 96.0 Å². The van der Waals surface area contributed by atoms with Gasteiger partial charge in [-0.2, -0.15) is 0 Å². The van der Waals surface area contributed by atoms with Crippen molar-refractivity contribution >= 4 is 27.5 Å². The van der Waals surface area contributed by atoms with E-state index in [1.807, 2.05) is 58.9 Å². The zero-order chi connectivity index (χ0) is 30.0. The van der Waals surface area contributed by atoms with Gasteiger partial charge in [0.2, 0.25) is 11.8 Å². The third kappa shape index (κ3) is 8.10. The smallest absolute Gasteiger partial charge is 0.264 e. The standard InChI is InChI=1S/C32H41N3O5S/c1-6-25(5)33-32(37)30(7-2)34(22-26-15-13-12-14-24(26)4)31(36)23-35(27-16-10-9-11-17-27)41(38,39)29-20-18-28(19-21-29)40-8-3/h9-21,25,30H,6-8,22-23H2,1-5H3,(H,33,37)/t25-,30+/m1/s1. The van der Waals surface area contributed by atoms with Crippen molar-refractivity contribution in [1.82, 2.24) is 10.2 Å². The van der Waals surface area contributed by atoms with Crippen LogP contribution in [-0.2, 0) is 26.2 Å². The quantitative estimate of drug-likeness (QED) is 0.279. The van der Waals surface area contributed by atoms with Crippen molar-refractivity contribution in [2.45, 2.75) is 71.0 Å². The first-order valence-electron chi connectivity index (χ1n) is 14.1. The van der Waals surface area contributed by atoms with Crippen LogP contribution >= 0.6 is 0 Å². The van der Waals surface area contributed by atoms with Gasteiger partial charge in [-0.1, -0.05) is 56.3 Å². The van der Waals surface area contributed by atoms with Gasteiger partial charge in [-0.3, -0.25) is 13.9 Å². The molecule has 0 fully saturated rings. The molecule has 9 heteroatoms. The summed E-state index contributed by atoms with van der Waals surface area (Å²) in [4.78, 5) is 29.1. The predicted octanol–water partition coefficient (Wildman–Crippen LogP) is 5.31. The molecule has 2 amide bonds. The molecule has 0 heterocycles. The number of ether oxygens (including phenoxy) is 1. The minimum Gasteiger partial charge on any atom is -0.494 e. The summed E-state index contributed by atoms with van der Waals surface area (Å²) in [6, 6.07) is 21.5. The molecule has 220 valence electrons. The highest BCUT2D eigenvalue weighted by Crippen LogP contribution is 2.26. The number of anilines is 1. The minimum absolute atomic E-state index is 0.0321. The maximum atomic E-state index is 14.1. The third-order valence-electron chi connectivity index (χ3n) is 7.03. The number of nitrogens with zero attached hydrogens (tertiary/aromatic N) is 2. The Kier molecular flexibility index (Phi) is 11.3. The molecule has 1 N–H and O–H groups in total. The second-order valence-corrected chi connectivity index (χ2v) is 11.8. The highest BCUT2D eigenvalue weighted by Gasteiger charge is 2.34. The van der Waals surface area contributed by atoms with Crippen LogP contribution in [0.2, 0.25) is 0 Å². The molecule has 0 radical (unpaired) electrons. The zero-order valence-corrected chi connectivity index (χ0v) is 25.4. The van der Waals surface area contributed by atoms with Gasteiger partial charge in [-0.15, -0.1) is 0 Å². The number of aryl methyl sites for hydroxylation is 1. The van der Waals surface area contributed by atoms with E-state index in [2.05, 4.69) is 5.32 Å². The van der Waals surface area contributed by atoms with Crippen molar-refractivity contribution in [3.05, 3.63) is 90.0 Å². The van der Waals surface area contributed by atoms with Crippen LogP contribution in [0.3, 0.4) is 0 Å². The molecule has 3 aromatic carbocycles. The number of carbonyl (C=O) groups is 2. The van der Waals surface area contributed by atoms with Crippen LogP contribution < -0.4 is 14.4 Å². The third-order valence-corrected chi connectivity index (χ3v) is 8.82. The van der Waals surface area contributed by atoms with Crippen molar-refractivity contribution in [2.75, 3.05) is 17.5 Å². The van der Waals surface area contributed by atoms with Crippen molar-refractivity contribution in [1.29, 1.82) is 0 Å². The summed E-state index contributed by atoms with van der Waals surface area (Å²) < 4.78 is 34.5. The van der Waals surface area contributed by atoms with Crippen LogP contribution in [-0.4, -0.2) is 50.4 Å². The summed E-state index contributed by atoms with van der Waals surface area (Å²) in [6.45, 7) is 9.70. The van der Waals surface area contributed by atoms with Crippen LogP contribution in [0.5, 0.6) is 5.75 Å². The summed E-state index contributed by atoms with van der Waals surface area (Å²) in [5, 5.41) is 3.00. The molecule has 2 atom stereocenters. The predicted molar refractivity (Wildman–Crippen MR) is 162 cm³/mol. The summed E-state index contributed by atoms with van der Waals surface area (Å²) >= 11 is 0. The molecule has 3 rings (SSSR count). The first-order chi connectivity index (χ1) is 19.6. The molecule has 3 aromatic rings. The molecule has 8 nitrogen and oxygen atoms in total. The van der Waals surface area contributed by atoms with Gasteiger partial charge in [-0.05, 0) is 81.1 Å². The van der Waals surface area contributed by atoms with Gasteiger partial charge in [0.25, 0.3) is 10.0 Å². The number of sulfonamides is 1. The van der Waals surface area contributed by atoms with E-state index >= 15 is 0 Å². The Hall–Kier alpha value is -3.85. The molecular formula is C32H41N3O5S. The molecule has 0 saturated heterocycles. The Labute approximate surface area is 244 Å². The lowest BCUT2D eigenvalue weighted by Crippen LogP contribution is -2.53. The number of nitrogens with one attached hydrogen (secondary N) is 1. The SMILES string of the molecule is CCOc1ccc(S(=O)(=O)N(CC(=O)N(Cc2ccccc2C)[C@@H](CC)C(=O)N[C@H](C)CC)c2ccccc2)cc1. The van der Waals surface area contributed by atoms with E-state index in [0.29, 0.717) is 24.5 Å². The molecule has 0 aromatic heterocycles. The highest BCUT2D eigenvalue weighted by molar-refractivity contribution is 7.92. The Bertz CT molecular complexity index is 1390. The van der Waals surface area contributed by atoms with Crippen molar-refractivity contribution in [3.63, 3.8) is 0 Å². The number of rotatable bonds is 14. The molecule has 0 aliphatic carbocycles. The van der Waals surface area contributed by atoms with Gasteiger partial charge in [0.15, 0.2) is 0 Å². The second kappa shape index (κ2) is 14.7.